The van der Waals surface area contributed by atoms with Crippen molar-refractivity contribution in [1.82, 2.24) is 0 Å². The van der Waals surface area contributed by atoms with Gasteiger partial charge in [0, 0.05) is 0 Å². The van der Waals surface area contributed by atoms with Crippen molar-refractivity contribution in [3.63, 3.8) is 0 Å². The van der Waals surface area contributed by atoms with Crippen molar-refractivity contribution in [3.05, 3.63) is 0 Å². The molecule has 0 spiro atoms. The Morgan fingerprint density at radius 1 is 1.56 bits per heavy atom. The van der Waals surface area contributed by atoms with Gasteiger partial charge in [0.25, 0.3) is 0 Å². The highest BCUT2D eigenvalue weighted by atomic mass is 16.6. The Labute approximate surface area is 55.9 Å². The van der Waals surface area contributed by atoms with Crippen molar-refractivity contribution < 1.29 is 4.84 Å². The van der Waals surface area contributed by atoms with Crippen LogP contribution in [0.1, 0.15) is 26.7 Å². The molecule has 2 heteroatoms. The van der Waals surface area contributed by atoms with E-state index in [1.54, 1.807) is 0 Å². The van der Waals surface area contributed by atoms with Crippen LogP contribution in [0, 0.1) is 5.92 Å². The number of rotatable bonds is 3. The molecule has 0 aliphatic heterocycles. The molecule has 0 radical (unpaired) electrons. The lowest BCUT2D eigenvalue weighted by molar-refractivity contribution is 0.133. The van der Waals surface area contributed by atoms with Crippen LogP contribution in [0.3, 0.4) is 0 Å². The number of oxime groups is 1. The van der Waals surface area contributed by atoms with Gasteiger partial charge < -0.3 is 4.84 Å². The molecule has 2 nitrogen and oxygen atoms in total. The van der Waals surface area contributed by atoms with Crippen molar-refractivity contribution >= 4 is 5.71 Å². The van der Waals surface area contributed by atoms with Crippen LogP contribution >= 0.6 is 0 Å². The third-order valence-electron chi connectivity index (χ3n) is 1.25. The highest BCUT2D eigenvalue weighted by Crippen LogP contribution is 2.28. The van der Waals surface area contributed by atoms with Gasteiger partial charge in [0.15, 0.2) is 0 Å². The zero-order valence-corrected chi connectivity index (χ0v) is 6.05. The molecular weight excluding hydrogens is 114 g/mol. The number of nitrogens with zero attached hydrogens (tertiary/aromatic N) is 1. The molecule has 0 bridgehead atoms. The second-order valence-electron chi connectivity index (χ2n) is 2.78. The summed E-state index contributed by atoms with van der Waals surface area (Å²) in [6.07, 6.45) is 2.66. The fourth-order valence-electron chi connectivity index (χ4n) is 0.556. The molecule has 0 atom stereocenters. The van der Waals surface area contributed by atoms with Crippen LogP contribution in [0.25, 0.3) is 0 Å². The van der Waals surface area contributed by atoms with Crippen LogP contribution in [-0.2, 0) is 4.84 Å². The smallest absolute Gasteiger partial charge is 0.120 e. The van der Waals surface area contributed by atoms with Gasteiger partial charge in [-0.1, -0.05) is 5.16 Å². The topological polar surface area (TPSA) is 21.6 Å². The van der Waals surface area contributed by atoms with Crippen LogP contribution < -0.4 is 0 Å². The van der Waals surface area contributed by atoms with E-state index < -0.39 is 0 Å². The van der Waals surface area contributed by atoms with Crippen LogP contribution in [0.4, 0.5) is 0 Å². The van der Waals surface area contributed by atoms with Crippen molar-refractivity contribution in [2.24, 2.45) is 11.1 Å². The maximum absolute atomic E-state index is 5.01. The van der Waals surface area contributed by atoms with E-state index in [4.69, 9.17) is 4.84 Å². The van der Waals surface area contributed by atoms with E-state index in [2.05, 4.69) is 5.16 Å². The summed E-state index contributed by atoms with van der Waals surface area (Å²) in [7, 11) is 0. The Morgan fingerprint density at radius 2 is 2.22 bits per heavy atom. The normalized spacial score (nSPS) is 17.1. The van der Waals surface area contributed by atoms with Crippen molar-refractivity contribution in [1.29, 1.82) is 0 Å². The van der Waals surface area contributed by atoms with Crippen molar-refractivity contribution in [3.8, 4) is 0 Å². The van der Waals surface area contributed by atoms with Crippen LogP contribution in [-0.4, -0.2) is 12.3 Å². The molecule has 1 fully saturated rings. The predicted octanol–water partition coefficient (Wildman–Crippen LogP) is 1.81. The minimum atomic E-state index is 0.813. The van der Waals surface area contributed by atoms with E-state index in [0.717, 1.165) is 18.2 Å². The zero-order valence-electron chi connectivity index (χ0n) is 6.05. The van der Waals surface area contributed by atoms with Gasteiger partial charge in [0.1, 0.15) is 6.61 Å². The molecule has 1 rings (SSSR count). The summed E-state index contributed by atoms with van der Waals surface area (Å²) in [6, 6.07) is 0. The SMILES string of the molecule is CC(C)=NOCC1CC1. The number of hydrogen-bond acceptors (Lipinski definition) is 2. The lowest BCUT2D eigenvalue weighted by Crippen LogP contribution is -1.91. The van der Waals surface area contributed by atoms with Gasteiger partial charge in [-0.3, -0.25) is 0 Å². The Hall–Kier alpha value is -0.530. The lowest BCUT2D eigenvalue weighted by Gasteiger charge is -1.94. The summed E-state index contributed by atoms with van der Waals surface area (Å²) in [5.74, 6) is 0.813. The largest absolute Gasteiger partial charge is 0.396 e. The van der Waals surface area contributed by atoms with Crippen molar-refractivity contribution in [2.45, 2.75) is 26.7 Å². The van der Waals surface area contributed by atoms with Crippen LogP contribution in [0.5, 0.6) is 0 Å². The molecule has 0 saturated heterocycles. The molecule has 9 heavy (non-hydrogen) atoms. The van der Waals surface area contributed by atoms with Gasteiger partial charge in [-0.2, -0.15) is 0 Å². The summed E-state index contributed by atoms with van der Waals surface area (Å²) in [6.45, 7) is 4.70. The average Bonchev–Trinajstić information content (AvgIpc) is 2.48. The first-order valence-corrected chi connectivity index (χ1v) is 3.42. The lowest BCUT2D eigenvalue weighted by atomic mass is 10.5. The van der Waals surface area contributed by atoms with Gasteiger partial charge in [-0.25, -0.2) is 0 Å². The molecule has 0 aromatic carbocycles. The van der Waals surface area contributed by atoms with Crippen molar-refractivity contribution in [2.75, 3.05) is 6.61 Å². The first kappa shape index (κ1) is 6.59. The van der Waals surface area contributed by atoms with Crippen LogP contribution in [0.2, 0.25) is 0 Å². The quantitative estimate of drug-likeness (QED) is 0.418. The number of hydrogen-bond donors (Lipinski definition) is 0. The van der Waals surface area contributed by atoms with E-state index in [-0.39, 0.29) is 0 Å². The molecule has 0 amide bonds. The molecule has 1 aliphatic rings. The molecule has 1 saturated carbocycles. The monoisotopic (exact) mass is 127 g/mol. The first-order chi connectivity index (χ1) is 4.29. The average molecular weight is 127 g/mol. The summed E-state index contributed by atoms with van der Waals surface area (Å²) in [5, 5.41) is 3.82. The molecule has 52 valence electrons. The fraction of sp³-hybridized carbons (Fsp3) is 0.857. The zero-order chi connectivity index (χ0) is 6.69. The minimum Gasteiger partial charge on any atom is -0.396 e. The maximum Gasteiger partial charge on any atom is 0.120 e. The Bertz CT molecular complexity index is 112. The van der Waals surface area contributed by atoms with Gasteiger partial charge in [0.2, 0.25) is 0 Å². The highest BCUT2D eigenvalue weighted by Gasteiger charge is 2.21. The maximum atomic E-state index is 5.01. The van der Waals surface area contributed by atoms with Gasteiger partial charge in [-0.05, 0) is 32.6 Å². The molecule has 0 heterocycles. The van der Waals surface area contributed by atoms with E-state index in [1.807, 2.05) is 13.8 Å². The molecule has 0 unspecified atom stereocenters. The summed E-state index contributed by atoms with van der Waals surface area (Å²) >= 11 is 0. The van der Waals surface area contributed by atoms with Gasteiger partial charge in [-0.15, -0.1) is 0 Å². The Kier molecular flexibility index (Phi) is 2.09. The van der Waals surface area contributed by atoms with E-state index in [1.165, 1.54) is 12.8 Å². The van der Waals surface area contributed by atoms with Gasteiger partial charge in [0.05, 0.1) is 5.71 Å². The van der Waals surface area contributed by atoms with E-state index >= 15 is 0 Å². The second kappa shape index (κ2) is 2.85. The molecule has 1 aliphatic carbocycles. The first-order valence-electron chi connectivity index (χ1n) is 3.42. The van der Waals surface area contributed by atoms with E-state index in [0.29, 0.717) is 0 Å². The van der Waals surface area contributed by atoms with Gasteiger partial charge >= 0.3 is 0 Å². The third-order valence-corrected chi connectivity index (χ3v) is 1.25. The Morgan fingerprint density at radius 3 is 2.67 bits per heavy atom. The molecule has 0 aromatic rings. The molecule has 0 N–H and O–H groups in total. The second-order valence-corrected chi connectivity index (χ2v) is 2.78. The summed E-state index contributed by atoms with van der Waals surface area (Å²) in [5.41, 5.74) is 0.996. The van der Waals surface area contributed by atoms with E-state index in [9.17, 15) is 0 Å². The van der Waals surface area contributed by atoms with Crippen LogP contribution in [0.15, 0.2) is 5.16 Å². The summed E-state index contributed by atoms with van der Waals surface area (Å²) < 4.78 is 0. The summed E-state index contributed by atoms with van der Waals surface area (Å²) in [4.78, 5) is 5.01. The predicted molar refractivity (Wildman–Crippen MR) is 37.5 cm³/mol. The fourth-order valence-corrected chi connectivity index (χ4v) is 0.556. The third kappa shape index (κ3) is 3.12. The molecule has 0 aromatic heterocycles. The Balaban J connectivity index is 1.97. The standard InChI is InChI=1S/C7H13NO/c1-6(2)8-9-5-7-3-4-7/h7H,3-5H2,1-2H3. The molecular formula is C7H13NO. The highest BCUT2D eigenvalue weighted by molar-refractivity contribution is 5.78. The minimum absolute atomic E-state index is 0.813.